The molecule has 0 aromatic rings. The number of amides is 1. The molecule has 1 atom stereocenters. The predicted octanol–water partition coefficient (Wildman–Crippen LogP) is 1.01. The van der Waals surface area contributed by atoms with E-state index >= 15 is 0 Å². The fraction of sp³-hybridized carbons (Fsp3) is 0.875. The summed E-state index contributed by atoms with van der Waals surface area (Å²) in [6, 6.07) is -0.586. The van der Waals surface area contributed by atoms with Gasteiger partial charge in [-0.2, -0.15) is 13.2 Å². The average molecular weight is 212 g/mol. The molecule has 0 radical (unpaired) electrons. The minimum absolute atomic E-state index is 0.0599. The van der Waals surface area contributed by atoms with Crippen LogP contribution in [-0.4, -0.2) is 43.2 Å². The van der Waals surface area contributed by atoms with E-state index in [1.165, 1.54) is 20.9 Å². The molecule has 1 unspecified atom stereocenters. The molecule has 0 aromatic heterocycles. The van der Waals surface area contributed by atoms with Crippen molar-refractivity contribution in [3.8, 4) is 0 Å². The van der Waals surface area contributed by atoms with E-state index in [9.17, 15) is 18.0 Å². The molecule has 14 heavy (non-hydrogen) atoms. The summed E-state index contributed by atoms with van der Waals surface area (Å²) in [5.74, 6) is -0.535. The highest BCUT2D eigenvalue weighted by Crippen LogP contribution is 2.16. The van der Waals surface area contributed by atoms with Gasteiger partial charge in [0, 0.05) is 6.54 Å². The number of hydrogen-bond acceptors (Lipinski definition) is 2. The van der Waals surface area contributed by atoms with Crippen molar-refractivity contribution >= 4 is 5.91 Å². The second-order valence-corrected chi connectivity index (χ2v) is 2.98. The number of carbonyl (C=O) groups is 1. The first-order valence-electron chi connectivity index (χ1n) is 4.34. The molecule has 0 heterocycles. The third kappa shape index (κ3) is 4.45. The monoisotopic (exact) mass is 212 g/mol. The molecule has 6 heteroatoms. The first kappa shape index (κ1) is 13.2. The highest BCUT2D eigenvalue weighted by Gasteiger charge is 2.33. The summed E-state index contributed by atoms with van der Waals surface area (Å²) in [6.45, 7) is 1.92. The van der Waals surface area contributed by atoms with Gasteiger partial charge in [0.05, 0.1) is 6.04 Å². The van der Waals surface area contributed by atoms with Crippen molar-refractivity contribution in [2.45, 2.75) is 26.1 Å². The van der Waals surface area contributed by atoms with Gasteiger partial charge in [0.2, 0.25) is 5.91 Å². The quantitative estimate of drug-likeness (QED) is 0.754. The zero-order valence-corrected chi connectivity index (χ0v) is 8.48. The van der Waals surface area contributed by atoms with Crippen LogP contribution in [0.4, 0.5) is 13.2 Å². The van der Waals surface area contributed by atoms with E-state index in [0.717, 1.165) is 4.90 Å². The molecule has 0 bridgehead atoms. The Morgan fingerprint density at radius 3 is 2.29 bits per heavy atom. The van der Waals surface area contributed by atoms with Crippen molar-refractivity contribution in [2.75, 3.05) is 20.1 Å². The Bertz CT molecular complexity index is 194. The maximum Gasteiger partial charge on any atom is 0.406 e. The third-order valence-electron chi connectivity index (χ3n) is 1.87. The summed E-state index contributed by atoms with van der Waals surface area (Å²) in [7, 11) is 1.53. The van der Waals surface area contributed by atoms with Gasteiger partial charge in [-0.05, 0) is 20.9 Å². The Balaban J connectivity index is 4.34. The largest absolute Gasteiger partial charge is 0.406 e. The molecular formula is C8H15F3N2O. The van der Waals surface area contributed by atoms with E-state index < -0.39 is 24.7 Å². The summed E-state index contributed by atoms with van der Waals surface area (Å²) >= 11 is 0. The van der Waals surface area contributed by atoms with Crippen LogP contribution in [0.15, 0.2) is 0 Å². The van der Waals surface area contributed by atoms with Crippen molar-refractivity contribution in [3.05, 3.63) is 0 Å². The van der Waals surface area contributed by atoms with Crippen molar-refractivity contribution in [3.63, 3.8) is 0 Å². The first-order valence-corrected chi connectivity index (χ1v) is 4.34. The Kier molecular flexibility index (Phi) is 4.90. The normalized spacial score (nSPS) is 13.9. The van der Waals surface area contributed by atoms with E-state index in [4.69, 9.17) is 0 Å². The average Bonchev–Trinajstić information content (AvgIpc) is 2.10. The fourth-order valence-corrected chi connectivity index (χ4v) is 0.959. The van der Waals surface area contributed by atoms with Gasteiger partial charge >= 0.3 is 6.18 Å². The molecule has 3 nitrogen and oxygen atoms in total. The molecule has 1 N–H and O–H groups in total. The molecule has 0 fully saturated rings. The van der Waals surface area contributed by atoms with E-state index in [0.29, 0.717) is 0 Å². The van der Waals surface area contributed by atoms with Gasteiger partial charge in [-0.1, -0.05) is 0 Å². The van der Waals surface area contributed by atoms with Gasteiger partial charge in [0.15, 0.2) is 0 Å². The molecule has 0 saturated heterocycles. The van der Waals surface area contributed by atoms with Crippen LogP contribution in [0.1, 0.15) is 13.8 Å². The number of alkyl halides is 3. The molecule has 0 spiro atoms. The summed E-state index contributed by atoms with van der Waals surface area (Å²) in [4.78, 5) is 12.1. The van der Waals surface area contributed by atoms with Gasteiger partial charge in [0.25, 0.3) is 0 Å². The molecule has 0 saturated carbocycles. The van der Waals surface area contributed by atoms with Crippen LogP contribution >= 0.6 is 0 Å². The summed E-state index contributed by atoms with van der Waals surface area (Å²) in [5.41, 5.74) is 0. The Labute approximate surface area is 81.3 Å². The Hall–Kier alpha value is -0.780. The number of likely N-dealkylation sites (N-methyl/N-ethyl adjacent to an activating group) is 2. The predicted molar refractivity (Wildman–Crippen MR) is 46.8 cm³/mol. The third-order valence-corrected chi connectivity index (χ3v) is 1.87. The van der Waals surface area contributed by atoms with Gasteiger partial charge in [-0.3, -0.25) is 4.79 Å². The van der Waals surface area contributed by atoms with Crippen LogP contribution in [0.3, 0.4) is 0 Å². The smallest absolute Gasteiger partial charge is 0.333 e. The Morgan fingerprint density at radius 1 is 1.50 bits per heavy atom. The van der Waals surface area contributed by atoms with E-state index in [-0.39, 0.29) is 6.54 Å². The topological polar surface area (TPSA) is 32.3 Å². The minimum atomic E-state index is -4.33. The Morgan fingerprint density at radius 2 is 2.00 bits per heavy atom. The van der Waals surface area contributed by atoms with Gasteiger partial charge in [0.1, 0.15) is 6.54 Å². The highest BCUT2D eigenvalue weighted by atomic mass is 19.4. The number of nitrogens with one attached hydrogen (secondary N) is 1. The molecule has 0 rings (SSSR count). The first-order chi connectivity index (χ1) is 6.31. The number of halogens is 3. The minimum Gasteiger partial charge on any atom is -0.333 e. The second kappa shape index (κ2) is 5.19. The zero-order valence-electron chi connectivity index (χ0n) is 8.48. The highest BCUT2D eigenvalue weighted by molar-refractivity contribution is 5.81. The number of hydrogen-bond donors (Lipinski definition) is 1. The van der Waals surface area contributed by atoms with Crippen molar-refractivity contribution in [2.24, 2.45) is 0 Å². The lowest BCUT2D eigenvalue weighted by atomic mass is 10.3. The lowest BCUT2D eigenvalue weighted by Gasteiger charge is -2.25. The fourth-order valence-electron chi connectivity index (χ4n) is 0.959. The van der Waals surface area contributed by atoms with E-state index in [2.05, 4.69) is 5.32 Å². The van der Waals surface area contributed by atoms with Crippen LogP contribution in [0, 0.1) is 0 Å². The van der Waals surface area contributed by atoms with Crippen LogP contribution in [0.2, 0.25) is 0 Å². The van der Waals surface area contributed by atoms with Gasteiger partial charge in [-0.25, -0.2) is 0 Å². The number of nitrogens with zero attached hydrogens (tertiary/aromatic N) is 1. The van der Waals surface area contributed by atoms with Crippen LogP contribution < -0.4 is 5.32 Å². The van der Waals surface area contributed by atoms with Crippen molar-refractivity contribution < 1.29 is 18.0 Å². The molecular weight excluding hydrogens is 197 g/mol. The van der Waals surface area contributed by atoms with Crippen molar-refractivity contribution in [1.29, 1.82) is 0 Å². The van der Waals surface area contributed by atoms with E-state index in [1.807, 2.05) is 0 Å². The molecule has 84 valence electrons. The van der Waals surface area contributed by atoms with E-state index in [1.54, 1.807) is 0 Å². The summed E-state index contributed by atoms with van der Waals surface area (Å²) in [5, 5.41) is 2.61. The molecule has 1 amide bonds. The molecule has 0 aliphatic rings. The number of rotatable bonds is 4. The zero-order chi connectivity index (χ0) is 11.4. The maximum atomic E-state index is 12.0. The molecule has 0 aliphatic heterocycles. The SMILES string of the molecule is CCN(CC(F)(F)F)C(=O)C(C)NC. The van der Waals surface area contributed by atoms with Crippen LogP contribution in [-0.2, 0) is 4.79 Å². The van der Waals surface area contributed by atoms with Gasteiger partial charge in [-0.15, -0.1) is 0 Å². The van der Waals surface area contributed by atoms with Crippen LogP contribution in [0.5, 0.6) is 0 Å². The molecule has 0 aromatic carbocycles. The van der Waals surface area contributed by atoms with Gasteiger partial charge < -0.3 is 10.2 Å². The lowest BCUT2D eigenvalue weighted by molar-refractivity contribution is -0.161. The lowest BCUT2D eigenvalue weighted by Crippen LogP contribution is -2.47. The molecule has 0 aliphatic carbocycles. The number of carbonyl (C=O) groups excluding carboxylic acids is 1. The summed E-state index contributed by atoms with van der Waals surface area (Å²) < 4.78 is 36.0. The standard InChI is InChI=1S/C8H15F3N2O/c1-4-13(5-8(9,10)11)7(14)6(2)12-3/h6,12H,4-5H2,1-3H3. The van der Waals surface area contributed by atoms with Crippen LogP contribution in [0.25, 0.3) is 0 Å². The maximum absolute atomic E-state index is 12.0. The second-order valence-electron chi connectivity index (χ2n) is 2.98. The van der Waals surface area contributed by atoms with Crippen molar-refractivity contribution in [1.82, 2.24) is 10.2 Å². The summed E-state index contributed by atoms with van der Waals surface area (Å²) in [6.07, 6.45) is -4.33.